The van der Waals surface area contributed by atoms with Crippen molar-refractivity contribution in [1.82, 2.24) is 15.3 Å². The van der Waals surface area contributed by atoms with Crippen LogP contribution in [0.2, 0.25) is 0 Å². The van der Waals surface area contributed by atoms with Gasteiger partial charge in [0.25, 0.3) is 0 Å². The minimum atomic E-state index is 0.120. The van der Waals surface area contributed by atoms with E-state index in [4.69, 9.17) is 4.98 Å². The van der Waals surface area contributed by atoms with Crippen molar-refractivity contribution in [3.8, 4) is 0 Å². The SMILES string of the molecule is Cc1cnccc1CNC(C)c1sc(C(C)(C)C)nc1C. The van der Waals surface area contributed by atoms with Crippen LogP contribution < -0.4 is 5.32 Å². The lowest BCUT2D eigenvalue weighted by molar-refractivity contribution is 0.576. The van der Waals surface area contributed by atoms with E-state index >= 15 is 0 Å². The molecule has 0 bridgehead atoms. The second kappa shape index (κ2) is 6.24. The molecule has 0 amide bonds. The maximum atomic E-state index is 4.74. The molecule has 0 spiro atoms. The average molecular weight is 303 g/mol. The molecule has 0 fully saturated rings. The summed E-state index contributed by atoms with van der Waals surface area (Å²) in [6.45, 7) is 13.9. The van der Waals surface area contributed by atoms with Crippen molar-refractivity contribution >= 4 is 11.3 Å². The van der Waals surface area contributed by atoms with Gasteiger partial charge in [0.2, 0.25) is 0 Å². The van der Waals surface area contributed by atoms with Gasteiger partial charge in [-0.1, -0.05) is 20.8 Å². The average Bonchev–Trinajstić information content (AvgIpc) is 2.80. The fourth-order valence-corrected chi connectivity index (χ4v) is 3.34. The van der Waals surface area contributed by atoms with Crippen LogP contribution in [-0.4, -0.2) is 9.97 Å². The summed E-state index contributed by atoms with van der Waals surface area (Å²) in [6, 6.07) is 2.39. The van der Waals surface area contributed by atoms with Crippen LogP contribution in [0.5, 0.6) is 0 Å². The summed E-state index contributed by atoms with van der Waals surface area (Å²) in [6.07, 6.45) is 3.77. The molecule has 0 aliphatic carbocycles. The Morgan fingerprint density at radius 3 is 2.57 bits per heavy atom. The highest BCUT2D eigenvalue weighted by Crippen LogP contribution is 2.32. The second-order valence-electron chi connectivity index (χ2n) is 6.62. The highest BCUT2D eigenvalue weighted by Gasteiger charge is 2.22. The zero-order chi connectivity index (χ0) is 15.6. The largest absolute Gasteiger partial charge is 0.305 e. The Kier molecular flexibility index (Phi) is 4.79. The van der Waals surface area contributed by atoms with Gasteiger partial charge in [0.05, 0.1) is 10.7 Å². The molecule has 0 aromatic carbocycles. The third-order valence-electron chi connectivity index (χ3n) is 3.60. The van der Waals surface area contributed by atoms with Crippen LogP contribution in [0.15, 0.2) is 18.5 Å². The topological polar surface area (TPSA) is 37.8 Å². The van der Waals surface area contributed by atoms with Crippen molar-refractivity contribution in [2.45, 2.75) is 59.5 Å². The van der Waals surface area contributed by atoms with Crippen LogP contribution >= 0.6 is 11.3 Å². The molecule has 1 atom stereocenters. The molecule has 1 N–H and O–H groups in total. The van der Waals surface area contributed by atoms with Gasteiger partial charge >= 0.3 is 0 Å². The molecular formula is C17H25N3S. The van der Waals surface area contributed by atoms with Gasteiger partial charge in [-0.15, -0.1) is 11.3 Å². The molecule has 2 heterocycles. The predicted molar refractivity (Wildman–Crippen MR) is 89.8 cm³/mol. The fraction of sp³-hybridized carbons (Fsp3) is 0.529. The lowest BCUT2D eigenvalue weighted by atomic mass is 9.98. The van der Waals surface area contributed by atoms with Crippen molar-refractivity contribution in [2.75, 3.05) is 0 Å². The standard InChI is InChI=1S/C17H25N3S/c1-11-9-18-8-7-14(11)10-19-12(2)15-13(3)20-16(21-15)17(4,5)6/h7-9,12,19H,10H2,1-6H3. The number of aryl methyl sites for hydroxylation is 2. The molecule has 0 saturated heterocycles. The minimum Gasteiger partial charge on any atom is -0.305 e. The van der Waals surface area contributed by atoms with Gasteiger partial charge in [-0.05, 0) is 38.0 Å². The van der Waals surface area contributed by atoms with Crippen LogP contribution in [0.3, 0.4) is 0 Å². The predicted octanol–water partition coefficient (Wildman–Crippen LogP) is 4.30. The van der Waals surface area contributed by atoms with E-state index < -0.39 is 0 Å². The van der Waals surface area contributed by atoms with Gasteiger partial charge in [-0.3, -0.25) is 4.98 Å². The normalized spacial score (nSPS) is 13.4. The monoisotopic (exact) mass is 303 g/mol. The van der Waals surface area contributed by atoms with E-state index in [2.05, 4.69) is 57.9 Å². The summed E-state index contributed by atoms with van der Waals surface area (Å²) in [7, 11) is 0. The molecule has 0 aliphatic heterocycles. The zero-order valence-electron chi connectivity index (χ0n) is 13.8. The summed E-state index contributed by atoms with van der Waals surface area (Å²) >= 11 is 1.83. The Morgan fingerprint density at radius 1 is 1.29 bits per heavy atom. The molecule has 3 nitrogen and oxygen atoms in total. The lowest BCUT2D eigenvalue weighted by Crippen LogP contribution is -2.18. The summed E-state index contributed by atoms with van der Waals surface area (Å²) in [5, 5.41) is 4.82. The summed E-state index contributed by atoms with van der Waals surface area (Å²) in [5.41, 5.74) is 3.80. The third kappa shape index (κ3) is 3.89. The molecule has 2 rings (SSSR count). The van der Waals surface area contributed by atoms with Gasteiger partial charge in [-0.25, -0.2) is 4.98 Å². The molecule has 2 aromatic rings. The maximum absolute atomic E-state index is 4.74. The van der Waals surface area contributed by atoms with E-state index in [-0.39, 0.29) is 5.41 Å². The Hall–Kier alpha value is -1.26. The second-order valence-corrected chi connectivity index (χ2v) is 7.65. The van der Waals surface area contributed by atoms with Gasteiger partial charge in [-0.2, -0.15) is 0 Å². The Labute approximate surface area is 131 Å². The van der Waals surface area contributed by atoms with Crippen LogP contribution in [0.4, 0.5) is 0 Å². The third-order valence-corrected chi connectivity index (χ3v) is 5.37. The van der Waals surface area contributed by atoms with E-state index in [1.54, 1.807) is 0 Å². The van der Waals surface area contributed by atoms with Crippen molar-refractivity contribution < 1.29 is 0 Å². The first-order valence-electron chi connectivity index (χ1n) is 7.39. The van der Waals surface area contributed by atoms with E-state index in [0.717, 1.165) is 12.2 Å². The van der Waals surface area contributed by atoms with E-state index in [0.29, 0.717) is 6.04 Å². The first-order valence-corrected chi connectivity index (χ1v) is 8.21. The molecule has 21 heavy (non-hydrogen) atoms. The molecule has 0 saturated carbocycles. The number of nitrogens with one attached hydrogen (secondary N) is 1. The zero-order valence-corrected chi connectivity index (χ0v) is 14.6. The molecule has 114 valence electrons. The van der Waals surface area contributed by atoms with E-state index in [1.165, 1.54) is 21.0 Å². The van der Waals surface area contributed by atoms with Crippen molar-refractivity contribution in [3.05, 3.63) is 45.2 Å². The summed E-state index contributed by atoms with van der Waals surface area (Å²) in [4.78, 5) is 10.2. The molecule has 0 radical (unpaired) electrons. The van der Waals surface area contributed by atoms with Crippen molar-refractivity contribution in [3.63, 3.8) is 0 Å². The summed E-state index contributed by atoms with van der Waals surface area (Å²) < 4.78 is 0. The quantitative estimate of drug-likeness (QED) is 0.915. The van der Waals surface area contributed by atoms with E-state index in [1.807, 2.05) is 23.7 Å². The number of aromatic nitrogens is 2. The molecule has 0 aliphatic rings. The highest BCUT2D eigenvalue weighted by molar-refractivity contribution is 7.12. The maximum Gasteiger partial charge on any atom is 0.0985 e. The molecule has 4 heteroatoms. The number of hydrogen-bond donors (Lipinski definition) is 1. The van der Waals surface area contributed by atoms with Gasteiger partial charge in [0.1, 0.15) is 0 Å². The molecular weight excluding hydrogens is 278 g/mol. The Morgan fingerprint density at radius 2 is 2.00 bits per heavy atom. The molecule has 1 unspecified atom stereocenters. The number of pyridine rings is 1. The first kappa shape index (κ1) is 16.1. The van der Waals surface area contributed by atoms with Gasteiger partial charge < -0.3 is 5.32 Å². The van der Waals surface area contributed by atoms with Crippen LogP contribution in [-0.2, 0) is 12.0 Å². The van der Waals surface area contributed by atoms with Crippen LogP contribution in [0.25, 0.3) is 0 Å². The number of thiazole rings is 1. The number of hydrogen-bond acceptors (Lipinski definition) is 4. The summed E-state index contributed by atoms with van der Waals surface area (Å²) in [5.74, 6) is 0. The van der Waals surface area contributed by atoms with Crippen LogP contribution in [0.1, 0.15) is 60.4 Å². The lowest BCUT2D eigenvalue weighted by Gasteiger charge is -2.15. The highest BCUT2D eigenvalue weighted by atomic mass is 32.1. The molecule has 2 aromatic heterocycles. The van der Waals surface area contributed by atoms with Gasteiger partial charge in [0.15, 0.2) is 0 Å². The first-order chi connectivity index (χ1) is 9.79. The van der Waals surface area contributed by atoms with Crippen molar-refractivity contribution in [1.29, 1.82) is 0 Å². The Bertz CT molecular complexity index is 611. The fourth-order valence-electron chi connectivity index (χ4n) is 2.19. The number of rotatable bonds is 4. The van der Waals surface area contributed by atoms with E-state index in [9.17, 15) is 0 Å². The minimum absolute atomic E-state index is 0.120. The number of nitrogens with zero attached hydrogens (tertiary/aromatic N) is 2. The Balaban J connectivity index is 2.09. The smallest absolute Gasteiger partial charge is 0.0985 e. The van der Waals surface area contributed by atoms with Crippen molar-refractivity contribution in [2.24, 2.45) is 0 Å². The van der Waals surface area contributed by atoms with Gasteiger partial charge in [0, 0.05) is 35.3 Å². The van der Waals surface area contributed by atoms with Crippen LogP contribution in [0, 0.1) is 13.8 Å².